The molecule has 0 aromatic heterocycles. The maximum Gasteiger partial charge on any atom is 0.248 e. The number of ether oxygens (including phenoxy) is 3. The van der Waals surface area contributed by atoms with Gasteiger partial charge in [-0.15, -0.1) is 0 Å². The summed E-state index contributed by atoms with van der Waals surface area (Å²) >= 11 is 0. The normalized spacial score (nSPS) is 32.7. The highest BCUT2D eigenvalue weighted by atomic mass is 16.5. The Bertz CT molecular complexity index is 398. The van der Waals surface area contributed by atoms with Crippen molar-refractivity contribution in [3.05, 3.63) is 0 Å². The van der Waals surface area contributed by atoms with E-state index in [4.69, 9.17) is 14.2 Å². The first-order valence-corrected chi connectivity index (χ1v) is 8.43. The van der Waals surface area contributed by atoms with Crippen molar-refractivity contribution in [2.45, 2.75) is 44.4 Å². The molecule has 1 spiro atoms. The minimum absolute atomic E-state index is 0.0682. The lowest BCUT2D eigenvalue weighted by atomic mass is 9.97. The highest BCUT2D eigenvalue weighted by Crippen LogP contribution is 2.27. The Morgan fingerprint density at radius 2 is 1.91 bits per heavy atom. The first-order valence-electron chi connectivity index (χ1n) is 8.43. The third kappa shape index (κ3) is 3.45. The summed E-state index contributed by atoms with van der Waals surface area (Å²) in [6.07, 6.45) is 2.17. The molecular weight excluding hydrogens is 284 g/mol. The van der Waals surface area contributed by atoms with Gasteiger partial charge in [0.25, 0.3) is 0 Å². The predicted octanol–water partition coefficient (Wildman–Crippen LogP) is 0.504. The molecule has 0 aromatic carbocycles. The number of rotatable bonds is 2. The fraction of sp³-hybridized carbons (Fsp3) is 0.938. The number of carbonyl (C=O) groups is 1. The zero-order valence-corrected chi connectivity index (χ0v) is 13.8. The van der Waals surface area contributed by atoms with Gasteiger partial charge in [0.2, 0.25) is 5.91 Å². The van der Waals surface area contributed by atoms with Gasteiger partial charge in [-0.05, 0) is 26.7 Å². The summed E-state index contributed by atoms with van der Waals surface area (Å²) in [6, 6.07) is 0.745. The smallest absolute Gasteiger partial charge is 0.248 e. The van der Waals surface area contributed by atoms with Crippen molar-refractivity contribution in [2.24, 2.45) is 0 Å². The third-order valence-corrected chi connectivity index (χ3v) is 4.98. The molecule has 22 heavy (non-hydrogen) atoms. The monoisotopic (exact) mass is 312 g/mol. The van der Waals surface area contributed by atoms with Crippen LogP contribution in [0.15, 0.2) is 0 Å². The molecule has 1 amide bonds. The first kappa shape index (κ1) is 16.2. The summed E-state index contributed by atoms with van der Waals surface area (Å²) in [6.45, 7) is 9.61. The van der Waals surface area contributed by atoms with Crippen LogP contribution in [0.25, 0.3) is 0 Å². The quantitative estimate of drug-likeness (QED) is 0.743. The second kappa shape index (κ2) is 6.83. The molecule has 0 N–H and O–H groups in total. The number of nitrogens with zero attached hydrogens (tertiary/aromatic N) is 2. The molecular formula is C16H28N2O4. The summed E-state index contributed by atoms with van der Waals surface area (Å²) in [7, 11) is 0. The van der Waals surface area contributed by atoms with Gasteiger partial charge in [-0.2, -0.15) is 0 Å². The van der Waals surface area contributed by atoms with Crippen LogP contribution in [-0.2, 0) is 19.0 Å². The molecule has 3 saturated heterocycles. The van der Waals surface area contributed by atoms with Crippen molar-refractivity contribution in [3.8, 4) is 0 Å². The average Bonchev–Trinajstić information content (AvgIpc) is 2.68. The van der Waals surface area contributed by atoms with Crippen LogP contribution in [0.4, 0.5) is 0 Å². The van der Waals surface area contributed by atoms with Crippen LogP contribution in [0.2, 0.25) is 0 Å². The zero-order valence-electron chi connectivity index (χ0n) is 13.8. The molecule has 3 aliphatic heterocycles. The fourth-order valence-corrected chi connectivity index (χ4v) is 3.74. The van der Waals surface area contributed by atoms with E-state index in [0.717, 1.165) is 39.1 Å². The molecule has 3 rings (SSSR count). The molecule has 6 nitrogen and oxygen atoms in total. The van der Waals surface area contributed by atoms with E-state index in [1.165, 1.54) is 0 Å². The van der Waals surface area contributed by atoms with Crippen LogP contribution in [0.3, 0.4) is 0 Å². The van der Waals surface area contributed by atoms with Crippen molar-refractivity contribution in [3.63, 3.8) is 0 Å². The van der Waals surface area contributed by atoms with Gasteiger partial charge in [-0.25, -0.2) is 0 Å². The molecule has 1 atom stereocenters. The Hall–Kier alpha value is -0.690. The summed E-state index contributed by atoms with van der Waals surface area (Å²) in [5, 5.41) is 0. The van der Waals surface area contributed by atoms with Crippen LogP contribution in [0.5, 0.6) is 0 Å². The number of hydrogen-bond donors (Lipinski definition) is 0. The molecule has 0 aliphatic carbocycles. The standard InChI is InChI=1S/C16H28N2O4/c1-13(2)18-11-16(12-21-9-15(18)19)10-17(5-8-22-16)14-3-6-20-7-4-14/h13-14H,3-12H2,1-2H3. The van der Waals surface area contributed by atoms with E-state index in [9.17, 15) is 4.79 Å². The first-order chi connectivity index (χ1) is 10.6. The van der Waals surface area contributed by atoms with E-state index in [1.54, 1.807) is 0 Å². The predicted molar refractivity (Wildman–Crippen MR) is 81.8 cm³/mol. The lowest BCUT2D eigenvalue weighted by Gasteiger charge is -2.47. The molecule has 0 aromatic rings. The van der Waals surface area contributed by atoms with Crippen molar-refractivity contribution >= 4 is 5.91 Å². The van der Waals surface area contributed by atoms with Gasteiger partial charge in [0.1, 0.15) is 12.2 Å². The van der Waals surface area contributed by atoms with E-state index in [0.29, 0.717) is 25.8 Å². The van der Waals surface area contributed by atoms with Crippen molar-refractivity contribution in [1.29, 1.82) is 0 Å². The minimum Gasteiger partial charge on any atom is -0.381 e. The SMILES string of the molecule is CC(C)N1CC2(COCC1=O)CN(C1CCOCC1)CCO2. The number of amides is 1. The highest BCUT2D eigenvalue weighted by Gasteiger charge is 2.43. The van der Waals surface area contributed by atoms with Gasteiger partial charge in [0.15, 0.2) is 0 Å². The number of carbonyl (C=O) groups excluding carboxylic acids is 1. The highest BCUT2D eigenvalue weighted by molar-refractivity contribution is 5.78. The zero-order chi connectivity index (χ0) is 15.6. The Balaban J connectivity index is 1.71. The third-order valence-electron chi connectivity index (χ3n) is 4.98. The van der Waals surface area contributed by atoms with Crippen LogP contribution < -0.4 is 0 Å². The van der Waals surface area contributed by atoms with Crippen molar-refractivity contribution in [2.75, 3.05) is 52.7 Å². The van der Waals surface area contributed by atoms with Crippen molar-refractivity contribution in [1.82, 2.24) is 9.80 Å². The Morgan fingerprint density at radius 1 is 1.14 bits per heavy atom. The second-order valence-electron chi connectivity index (χ2n) is 6.95. The lowest BCUT2D eigenvalue weighted by Crippen LogP contribution is -2.61. The van der Waals surface area contributed by atoms with E-state index in [-0.39, 0.29) is 24.2 Å². The molecule has 0 bridgehead atoms. The van der Waals surface area contributed by atoms with Gasteiger partial charge in [0, 0.05) is 38.4 Å². The number of morpholine rings is 1. The van der Waals surface area contributed by atoms with Gasteiger partial charge in [-0.1, -0.05) is 0 Å². The van der Waals surface area contributed by atoms with Gasteiger partial charge < -0.3 is 19.1 Å². The largest absolute Gasteiger partial charge is 0.381 e. The van der Waals surface area contributed by atoms with Crippen molar-refractivity contribution < 1.29 is 19.0 Å². The molecule has 0 radical (unpaired) electrons. The minimum atomic E-state index is -0.382. The van der Waals surface area contributed by atoms with E-state index in [1.807, 2.05) is 4.90 Å². The molecule has 3 aliphatic rings. The molecule has 0 saturated carbocycles. The van der Waals surface area contributed by atoms with Crippen LogP contribution in [0, 0.1) is 0 Å². The molecule has 6 heteroatoms. The summed E-state index contributed by atoms with van der Waals surface area (Å²) in [5.41, 5.74) is -0.382. The summed E-state index contributed by atoms with van der Waals surface area (Å²) < 4.78 is 17.3. The van der Waals surface area contributed by atoms with Crippen LogP contribution >= 0.6 is 0 Å². The molecule has 3 heterocycles. The topological polar surface area (TPSA) is 51.2 Å². The average molecular weight is 312 g/mol. The second-order valence-corrected chi connectivity index (χ2v) is 6.95. The van der Waals surface area contributed by atoms with Crippen LogP contribution in [0.1, 0.15) is 26.7 Å². The maximum absolute atomic E-state index is 12.2. The van der Waals surface area contributed by atoms with Gasteiger partial charge in [-0.3, -0.25) is 9.69 Å². The van der Waals surface area contributed by atoms with Gasteiger partial charge >= 0.3 is 0 Å². The maximum atomic E-state index is 12.2. The molecule has 126 valence electrons. The molecule has 3 fully saturated rings. The fourth-order valence-electron chi connectivity index (χ4n) is 3.74. The van der Waals surface area contributed by atoms with E-state index < -0.39 is 0 Å². The lowest BCUT2D eigenvalue weighted by molar-refractivity contribution is -0.156. The van der Waals surface area contributed by atoms with Gasteiger partial charge in [0.05, 0.1) is 19.8 Å². The Labute approximate surface area is 132 Å². The molecule has 1 unspecified atom stereocenters. The van der Waals surface area contributed by atoms with Crippen LogP contribution in [-0.4, -0.2) is 86.1 Å². The Morgan fingerprint density at radius 3 is 2.64 bits per heavy atom. The van der Waals surface area contributed by atoms with E-state index in [2.05, 4.69) is 18.7 Å². The Kier molecular flexibility index (Phi) is 5.02. The number of hydrogen-bond acceptors (Lipinski definition) is 5. The summed E-state index contributed by atoms with van der Waals surface area (Å²) in [5.74, 6) is 0.0682. The van der Waals surface area contributed by atoms with E-state index >= 15 is 0 Å². The summed E-state index contributed by atoms with van der Waals surface area (Å²) in [4.78, 5) is 16.6.